The van der Waals surface area contributed by atoms with Crippen LogP contribution in [0.5, 0.6) is 11.5 Å². The molecule has 0 saturated carbocycles. The summed E-state index contributed by atoms with van der Waals surface area (Å²) in [4.78, 5) is 11.8. The van der Waals surface area contributed by atoms with E-state index in [-0.39, 0.29) is 18.5 Å². The number of benzene rings is 2. The van der Waals surface area contributed by atoms with E-state index in [1.54, 1.807) is 24.3 Å². The molecule has 0 fully saturated rings. The number of nitrogens with one attached hydrogen (secondary N) is 2. The van der Waals surface area contributed by atoms with Gasteiger partial charge >= 0.3 is 6.03 Å². The number of halogens is 1. The first-order valence-electron chi connectivity index (χ1n) is 7.34. The van der Waals surface area contributed by atoms with Crippen LogP contribution in [0.25, 0.3) is 0 Å². The first-order valence-corrected chi connectivity index (χ1v) is 7.34. The number of carbonyl (C=O) groups is 1. The molecule has 0 aliphatic rings. The quantitative estimate of drug-likeness (QED) is 0.769. The highest BCUT2D eigenvalue weighted by Crippen LogP contribution is 2.23. The van der Waals surface area contributed by atoms with Crippen molar-refractivity contribution in [3.8, 4) is 11.5 Å². The zero-order valence-electron chi connectivity index (χ0n) is 12.8. The molecule has 0 heterocycles. The number of amides is 2. The Morgan fingerprint density at radius 2 is 1.96 bits per heavy atom. The number of para-hydroxylation sites is 2. The van der Waals surface area contributed by atoms with Gasteiger partial charge in [-0.15, -0.1) is 0 Å². The lowest BCUT2D eigenvalue weighted by atomic mass is 10.3. The first kappa shape index (κ1) is 16.6. The molecule has 0 aliphatic carbocycles. The average molecular weight is 318 g/mol. The van der Waals surface area contributed by atoms with Gasteiger partial charge < -0.3 is 20.1 Å². The van der Waals surface area contributed by atoms with Crippen LogP contribution in [0.4, 0.5) is 14.9 Å². The Kier molecular flexibility index (Phi) is 6.23. The van der Waals surface area contributed by atoms with Gasteiger partial charge in [-0.25, -0.2) is 9.18 Å². The normalized spacial score (nSPS) is 10.0. The Bertz CT molecular complexity index is 649. The zero-order chi connectivity index (χ0) is 16.5. The molecule has 2 amide bonds. The fourth-order valence-corrected chi connectivity index (χ4v) is 1.91. The van der Waals surface area contributed by atoms with Crippen LogP contribution in [0, 0.1) is 5.82 Å². The Balaban J connectivity index is 1.75. The number of hydrogen-bond acceptors (Lipinski definition) is 3. The van der Waals surface area contributed by atoms with E-state index in [2.05, 4.69) is 10.6 Å². The van der Waals surface area contributed by atoms with E-state index in [0.717, 1.165) is 0 Å². The van der Waals surface area contributed by atoms with Crippen LogP contribution in [-0.4, -0.2) is 25.8 Å². The number of rotatable bonds is 7. The van der Waals surface area contributed by atoms with Gasteiger partial charge in [-0.05, 0) is 31.2 Å². The summed E-state index contributed by atoms with van der Waals surface area (Å²) >= 11 is 0. The molecule has 5 nitrogen and oxygen atoms in total. The Hall–Kier alpha value is -2.76. The fourth-order valence-electron chi connectivity index (χ4n) is 1.91. The van der Waals surface area contributed by atoms with Crippen LogP contribution >= 0.6 is 0 Å². The van der Waals surface area contributed by atoms with E-state index in [1.807, 2.05) is 19.1 Å². The number of urea groups is 1. The molecule has 6 heteroatoms. The van der Waals surface area contributed by atoms with E-state index in [4.69, 9.17) is 9.47 Å². The molecule has 2 rings (SSSR count). The van der Waals surface area contributed by atoms with Gasteiger partial charge in [0.15, 0.2) is 0 Å². The van der Waals surface area contributed by atoms with Gasteiger partial charge in [0.05, 0.1) is 18.8 Å². The molecule has 2 aromatic rings. The highest BCUT2D eigenvalue weighted by atomic mass is 19.1. The molecule has 122 valence electrons. The Labute approximate surface area is 134 Å². The van der Waals surface area contributed by atoms with E-state index < -0.39 is 0 Å². The summed E-state index contributed by atoms with van der Waals surface area (Å²) in [5.74, 6) is 0.677. The second kappa shape index (κ2) is 8.63. The summed E-state index contributed by atoms with van der Waals surface area (Å²) in [7, 11) is 0. The lowest BCUT2D eigenvalue weighted by molar-refractivity contribution is 0.247. The second-order valence-corrected chi connectivity index (χ2v) is 4.62. The third-order valence-corrected chi connectivity index (χ3v) is 2.89. The van der Waals surface area contributed by atoms with Crippen molar-refractivity contribution in [2.24, 2.45) is 0 Å². The summed E-state index contributed by atoms with van der Waals surface area (Å²) in [5, 5.41) is 5.37. The molecule has 0 bridgehead atoms. The van der Waals surface area contributed by atoms with Gasteiger partial charge in [0.2, 0.25) is 0 Å². The maximum Gasteiger partial charge on any atom is 0.319 e. The summed E-state index contributed by atoms with van der Waals surface area (Å²) in [6.07, 6.45) is 0. The maximum absolute atomic E-state index is 13.0. The van der Waals surface area contributed by atoms with E-state index in [9.17, 15) is 9.18 Å². The summed E-state index contributed by atoms with van der Waals surface area (Å²) in [6.45, 7) is 2.92. The van der Waals surface area contributed by atoms with Crippen molar-refractivity contribution in [1.29, 1.82) is 0 Å². The molecule has 0 aliphatic heterocycles. The number of hydrogen-bond donors (Lipinski definition) is 2. The van der Waals surface area contributed by atoms with Crippen LogP contribution in [-0.2, 0) is 0 Å². The molecule has 0 saturated heterocycles. The van der Waals surface area contributed by atoms with Gasteiger partial charge in [0, 0.05) is 6.07 Å². The van der Waals surface area contributed by atoms with E-state index in [0.29, 0.717) is 30.3 Å². The molecular formula is C17H19FN2O3. The third kappa shape index (κ3) is 5.50. The van der Waals surface area contributed by atoms with Crippen molar-refractivity contribution >= 4 is 11.7 Å². The topological polar surface area (TPSA) is 59.6 Å². The van der Waals surface area contributed by atoms with Gasteiger partial charge in [-0.2, -0.15) is 0 Å². The molecule has 0 spiro atoms. The smallest absolute Gasteiger partial charge is 0.319 e. The first-order chi connectivity index (χ1) is 11.2. The molecular weight excluding hydrogens is 299 g/mol. The minimum atomic E-state index is -0.361. The largest absolute Gasteiger partial charge is 0.492 e. The lowest BCUT2D eigenvalue weighted by Gasteiger charge is -2.12. The Morgan fingerprint density at radius 1 is 1.13 bits per heavy atom. The summed E-state index contributed by atoms with van der Waals surface area (Å²) < 4.78 is 23.7. The SMILES string of the molecule is CCOc1ccccc1NC(=O)NCCOc1cccc(F)c1. The molecule has 0 radical (unpaired) electrons. The molecule has 23 heavy (non-hydrogen) atoms. The molecule has 0 atom stereocenters. The highest BCUT2D eigenvalue weighted by molar-refractivity contribution is 5.90. The van der Waals surface area contributed by atoms with E-state index >= 15 is 0 Å². The number of carbonyl (C=O) groups excluding carboxylic acids is 1. The predicted molar refractivity (Wildman–Crippen MR) is 86.5 cm³/mol. The van der Waals surface area contributed by atoms with Gasteiger partial charge in [-0.3, -0.25) is 0 Å². The summed E-state index contributed by atoms with van der Waals surface area (Å²) in [6, 6.07) is 12.7. The van der Waals surface area contributed by atoms with Crippen molar-refractivity contribution in [3.63, 3.8) is 0 Å². The number of ether oxygens (including phenoxy) is 2. The zero-order valence-corrected chi connectivity index (χ0v) is 12.8. The minimum absolute atomic E-state index is 0.240. The summed E-state index contributed by atoms with van der Waals surface area (Å²) in [5.41, 5.74) is 0.595. The van der Waals surface area contributed by atoms with Crippen LogP contribution in [0.15, 0.2) is 48.5 Å². The minimum Gasteiger partial charge on any atom is -0.492 e. The van der Waals surface area contributed by atoms with Crippen LogP contribution in [0.1, 0.15) is 6.92 Å². The van der Waals surface area contributed by atoms with Crippen molar-refractivity contribution in [2.75, 3.05) is 25.1 Å². The standard InChI is InChI=1S/C17H19FN2O3/c1-2-22-16-9-4-3-8-15(16)20-17(21)19-10-11-23-14-7-5-6-13(18)12-14/h3-9,12H,2,10-11H2,1H3,(H2,19,20,21). The maximum atomic E-state index is 13.0. The second-order valence-electron chi connectivity index (χ2n) is 4.62. The van der Waals surface area contributed by atoms with Crippen molar-refractivity contribution in [2.45, 2.75) is 6.92 Å². The molecule has 2 aromatic carbocycles. The average Bonchev–Trinajstić information content (AvgIpc) is 2.54. The van der Waals surface area contributed by atoms with Crippen molar-refractivity contribution < 1.29 is 18.7 Å². The van der Waals surface area contributed by atoms with Crippen LogP contribution < -0.4 is 20.1 Å². The molecule has 0 unspecified atom stereocenters. The van der Waals surface area contributed by atoms with Gasteiger partial charge in [-0.1, -0.05) is 18.2 Å². The van der Waals surface area contributed by atoms with Gasteiger partial charge in [0.25, 0.3) is 0 Å². The molecule has 0 aromatic heterocycles. The van der Waals surface area contributed by atoms with Crippen molar-refractivity contribution in [3.05, 3.63) is 54.3 Å². The van der Waals surface area contributed by atoms with E-state index in [1.165, 1.54) is 12.1 Å². The van der Waals surface area contributed by atoms with Crippen LogP contribution in [0.3, 0.4) is 0 Å². The predicted octanol–water partition coefficient (Wildman–Crippen LogP) is 3.42. The monoisotopic (exact) mass is 318 g/mol. The lowest BCUT2D eigenvalue weighted by Crippen LogP contribution is -2.32. The third-order valence-electron chi connectivity index (χ3n) is 2.89. The highest BCUT2D eigenvalue weighted by Gasteiger charge is 2.06. The Morgan fingerprint density at radius 3 is 2.74 bits per heavy atom. The van der Waals surface area contributed by atoms with Gasteiger partial charge in [0.1, 0.15) is 23.9 Å². The van der Waals surface area contributed by atoms with Crippen LogP contribution in [0.2, 0.25) is 0 Å². The van der Waals surface area contributed by atoms with Crippen molar-refractivity contribution in [1.82, 2.24) is 5.32 Å². The fraction of sp³-hybridized carbons (Fsp3) is 0.235. The molecule has 2 N–H and O–H groups in total. The number of anilines is 1.